The zero-order chi connectivity index (χ0) is 21.8. The molecule has 0 radical (unpaired) electrons. The third-order valence-electron chi connectivity index (χ3n) is 5.91. The molecule has 170 valence electrons. The molecule has 1 fully saturated rings. The summed E-state index contributed by atoms with van der Waals surface area (Å²) in [5, 5.41) is 11.9. The van der Waals surface area contributed by atoms with E-state index in [-0.39, 0.29) is 23.2 Å². The molecule has 0 atom stereocenters. The second-order valence-corrected chi connectivity index (χ2v) is 10.1. The van der Waals surface area contributed by atoms with Crippen molar-refractivity contribution < 1.29 is 14.7 Å². The molecule has 29 heavy (non-hydrogen) atoms. The number of aliphatic hydroxyl groups excluding tert-OH is 1. The minimum atomic E-state index is -0.345. The molecular weight excluding hydrogens is 362 g/mol. The maximum atomic E-state index is 12.3. The fourth-order valence-corrected chi connectivity index (χ4v) is 4.58. The quantitative estimate of drug-likeness (QED) is 0.256. The smallest absolute Gasteiger partial charge is 0.325 e. The monoisotopic (exact) mass is 409 g/mol. The molecule has 0 aliphatic carbocycles. The van der Waals surface area contributed by atoms with E-state index in [0.717, 1.165) is 12.8 Å². The van der Waals surface area contributed by atoms with E-state index in [9.17, 15) is 9.90 Å². The lowest BCUT2D eigenvalue weighted by Gasteiger charge is -2.51. The summed E-state index contributed by atoms with van der Waals surface area (Å²) in [6.45, 7) is 10.4. The van der Waals surface area contributed by atoms with Gasteiger partial charge in [-0.25, -0.2) is 0 Å². The number of allylic oxidation sites excluding steroid dienone is 2. The third-order valence-corrected chi connectivity index (χ3v) is 5.91. The Hall–Kier alpha value is -0.870. The van der Waals surface area contributed by atoms with E-state index in [1.165, 1.54) is 57.8 Å². The van der Waals surface area contributed by atoms with E-state index in [4.69, 9.17) is 4.84 Å². The van der Waals surface area contributed by atoms with E-state index >= 15 is 0 Å². The summed E-state index contributed by atoms with van der Waals surface area (Å²) in [4.78, 5) is 18.1. The van der Waals surface area contributed by atoms with Crippen molar-refractivity contribution in [1.82, 2.24) is 5.06 Å². The van der Waals surface area contributed by atoms with Crippen molar-refractivity contribution in [2.75, 3.05) is 0 Å². The Morgan fingerprint density at radius 1 is 0.897 bits per heavy atom. The summed E-state index contributed by atoms with van der Waals surface area (Å²) >= 11 is 0. The van der Waals surface area contributed by atoms with Crippen LogP contribution in [0.2, 0.25) is 0 Å². The highest BCUT2D eigenvalue weighted by atomic mass is 16.7. The highest BCUT2D eigenvalue weighted by molar-refractivity contribution is 5.69. The molecule has 1 aliphatic rings. The average molecular weight is 410 g/mol. The van der Waals surface area contributed by atoms with Crippen LogP contribution < -0.4 is 0 Å². The summed E-state index contributed by atoms with van der Waals surface area (Å²) in [6, 6.07) is 0. The van der Waals surface area contributed by atoms with Gasteiger partial charge in [-0.1, -0.05) is 64.0 Å². The minimum Gasteiger partial charge on any atom is -0.393 e. The van der Waals surface area contributed by atoms with Gasteiger partial charge in [-0.05, 0) is 66.2 Å². The van der Waals surface area contributed by atoms with Gasteiger partial charge in [-0.3, -0.25) is 4.79 Å². The Balaban J connectivity index is 2.09. The second-order valence-electron chi connectivity index (χ2n) is 10.1. The van der Waals surface area contributed by atoms with Gasteiger partial charge >= 0.3 is 5.97 Å². The molecule has 1 N–H and O–H groups in total. The standard InChI is InChI=1S/C25H47NO3/c1-6-7-8-9-10-11-12-13-14-15-16-17-18-19-23(28)29-26-24(2,3)20-22(27)21-25(26,4)5/h9-10,22,27H,6-8,11-21H2,1-5H3/b10-9-. The largest absolute Gasteiger partial charge is 0.393 e. The Kier molecular flexibility index (Phi) is 12.1. The predicted molar refractivity (Wildman–Crippen MR) is 122 cm³/mol. The molecule has 4 heteroatoms. The van der Waals surface area contributed by atoms with Gasteiger partial charge in [0.2, 0.25) is 0 Å². The van der Waals surface area contributed by atoms with Crippen LogP contribution in [0.3, 0.4) is 0 Å². The number of unbranched alkanes of at least 4 members (excludes halogenated alkanes) is 9. The maximum absolute atomic E-state index is 12.3. The van der Waals surface area contributed by atoms with Crippen molar-refractivity contribution in [1.29, 1.82) is 0 Å². The number of carbonyl (C=O) groups excluding carboxylic acids is 1. The minimum absolute atomic E-state index is 0.141. The molecule has 0 aromatic heterocycles. The number of rotatable bonds is 14. The van der Waals surface area contributed by atoms with Gasteiger partial charge in [0.1, 0.15) is 0 Å². The molecule has 0 bridgehead atoms. The van der Waals surface area contributed by atoms with Gasteiger partial charge in [0.25, 0.3) is 0 Å². The van der Waals surface area contributed by atoms with Gasteiger partial charge in [0, 0.05) is 6.42 Å². The Morgan fingerprint density at radius 2 is 1.38 bits per heavy atom. The maximum Gasteiger partial charge on any atom is 0.325 e. The van der Waals surface area contributed by atoms with Crippen LogP contribution in [-0.2, 0) is 9.63 Å². The fourth-order valence-electron chi connectivity index (χ4n) is 4.58. The zero-order valence-electron chi connectivity index (χ0n) is 19.8. The third kappa shape index (κ3) is 10.6. The van der Waals surface area contributed by atoms with Crippen molar-refractivity contribution in [2.45, 2.75) is 142 Å². The lowest BCUT2D eigenvalue weighted by molar-refractivity contribution is -0.276. The number of hydroxylamine groups is 2. The first-order valence-corrected chi connectivity index (χ1v) is 12.0. The molecule has 1 rings (SSSR count). The first-order chi connectivity index (χ1) is 13.7. The van der Waals surface area contributed by atoms with Crippen molar-refractivity contribution in [2.24, 2.45) is 0 Å². The molecule has 0 unspecified atom stereocenters. The van der Waals surface area contributed by atoms with E-state index in [1.54, 1.807) is 0 Å². The van der Waals surface area contributed by atoms with E-state index in [1.807, 2.05) is 32.8 Å². The number of hydrogen-bond donors (Lipinski definition) is 1. The number of carbonyl (C=O) groups is 1. The molecule has 0 amide bonds. The lowest BCUT2D eigenvalue weighted by Crippen LogP contribution is -2.62. The van der Waals surface area contributed by atoms with Crippen LogP contribution in [-0.4, -0.2) is 33.3 Å². The van der Waals surface area contributed by atoms with Gasteiger partial charge < -0.3 is 9.94 Å². The molecular formula is C25H47NO3. The molecule has 0 spiro atoms. The van der Waals surface area contributed by atoms with Crippen LogP contribution in [0.15, 0.2) is 12.2 Å². The Bertz CT molecular complexity index is 466. The van der Waals surface area contributed by atoms with Crippen LogP contribution in [0.5, 0.6) is 0 Å². The highest BCUT2D eigenvalue weighted by Crippen LogP contribution is 2.38. The normalized spacial score (nSPS) is 19.7. The average Bonchev–Trinajstić information content (AvgIpc) is 2.61. The number of piperidine rings is 1. The molecule has 4 nitrogen and oxygen atoms in total. The summed E-state index contributed by atoms with van der Waals surface area (Å²) in [5.41, 5.74) is -0.690. The van der Waals surface area contributed by atoms with Gasteiger partial charge in [0.05, 0.1) is 17.2 Å². The first kappa shape index (κ1) is 26.2. The van der Waals surface area contributed by atoms with Gasteiger partial charge in [0.15, 0.2) is 0 Å². The molecule has 1 saturated heterocycles. The van der Waals surface area contributed by atoms with Crippen LogP contribution in [0.25, 0.3) is 0 Å². The highest BCUT2D eigenvalue weighted by Gasteiger charge is 2.47. The van der Waals surface area contributed by atoms with Crippen molar-refractivity contribution in [3.8, 4) is 0 Å². The zero-order valence-corrected chi connectivity index (χ0v) is 19.8. The van der Waals surface area contributed by atoms with Crippen molar-refractivity contribution in [3.05, 3.63) is 12.2 Å². The van der Waals surface area contributed by atoms with E-state index in [2.05, 4.69) is 19.1 Å². The van der Waals surface area contributed by atoms with Crippen molar-refractivity contribution >= 4 is 5.97 Å². The van der Waals surface area contributed by atoms with Crippen molar-refractivity contribution in [3.63, 3.8) is 0 Å². The molecule has 0 aromatic rings. The SMILES string of the molecule is CCCC/C=C\CCCCCCCCCC(=O)ON1C(C)(C)CC(O)CC1(C)C. The fraction of sp³-hybridized carbons (Fsp3) is 0.880. The number of aliphatic hydroxyl groups is 1. The van der Waals surface area contributed by atoms with Crippen LogP contribution in [0.1, 0.15) is 125 Å². The summed E-state index contributed by atoms with van der Waals surface area (Å²) in [6.07, 6.45) is 19.5. The lowest BCUT2D eigenvalue weighted by atomic mass is 9.80. The summed E-state index contributed by atoms with van der Waals surface area (Å²) in [7, 11) is 0. The summed E-state index contributed by atoms with van der Waals surface area (Å²) < 4.78 is 0. The predicted octanol–water partition coefficient (Wildman–Crippen LogP) is 6.72. The first-order valence-electron chi connectivity index (χ1n) is 12.0. The van der Waals surface area contributed by atoms with E-state index < -0.39 is 0 Å². The number of hydrogen-bond acceptors (Lipinski definition) is 4. The number of nitrogens with zero attached hydrogens (tertiary/aromatic N) is 1. The Morgan fingerprint density at radius 3 is 1.93 bits per heavy atom. The summed E-state index contributed by atoms with van der Waals surface area (Å²) in [5.74, 6) is -0.141. The van der Waals surface area contributed by atoms with Gasteiger partial charge in [-0.15, -0.1) is 5.06 Å². The molecule has 1 aliphatic heterocycles. The topological polar surface area (TPSA) is 49.8 Å². The second kappa shape index (κ2) is 13.4. The molecule has 0 saturated carbocycles. The van der Waals surface area contributed by atoms with E-state index in [0.29, 0.717) is 19.3 Å². The van der Waals surface area contributed by atoms with Crippen LogP contribution >= 0.6 is 0 Å². The van der Waals surface area contributed by atoms with Crippen LogP contribution in [0.4, 0.5) is 0 Å². The van der Waals surface area contributed by atoms with Gasteiger partial charge in [-0.2, -0.15) is 0 Å². The molecule has 1 heterocycles. The molecule has 0 aromatic carbocycles. The Labute approximate surface area is 180 Å². The van der Waals surface area contributed by atoms with Crippen LogP contribution in [0, 0.1) is 0 Å².